The lowest BCUT2D eigenvalue weighted by Crippen LogP contribution is -2.09. The summed E-state index contributed by atoms with van der Waals surface area (Å²) in [5.41, 5.74) is 1.63. The number of aromatic amines is 1. The Labute approximate surface area is 108 Å². The van der Waals surface area contributed by atoms with E-state index in [1.54, 1.807) is 12.1 Å². The molecule has 0 aliphatic heterocycles. The third-order valence-electron chi connectivity index (χ3n) is 2.42. The fraction of sp³-hybridized carbons (Fsp3) is 0.231. The molecule has 94 valence electrons. The van der Waals surface area contributed by atoms with E-state index in [0.29, 0.717) is 10.9 Å². The molecule has 0 radical (unpaired) electrons. The van der Waals surface area contributed by atoms with Crippen molar-refractivity contribution in [2.75, 3.05) is 0 Å². The monoisotopic (exact) mass is 264 g/mol. The van der Waals surface area contributed by atoms with Crippen molar-refractivity contribution in [2.24, 2.45) is 0 Å². The molecule has 1 aromatic carbocycles. The first kappa shape index (κ1) is 12.8. The molecule has 0 aliphatic rings. The minimum Gasteiger partial charge on any atom is -0.301 e. The Morgan fingerprint density at radius 2 is 2.06 bits per heavy atom. The zero-order chi connectivity index (χ0) is 13.0. The standard InChI is InChI=1S/C13H13FN2OS/c1-2-11-7-12(17)16-13(15-11)18-8-9-3-5-10(14)6-4-9/h3-7H,2,8H2,1H3,(H,15,16,17). The highest BCUT2D eigenvalue weighted by atomic mass is 32.2. The Kier molecular flexibility index (Phi) is 4.15. The second-order valence-electron chi connectivity index (χ2n) is 3.81. The van der Waals surface area contributed by atoms with Crippen LogP contribution in [0.1, 0.15) is 18.2 Å². The highest BCUT2D eigenvalue weighted by molar-refractivity contribution is 7.98. The molecule has 0 amide bonds. The van der Waals surface area contributed by atoms with Gasteiger partial charge in [-0.05, 0) is 24.1 Å². The summed E-state index contributed by atoms with van der Waals surface area (Å²) in [6.45, 7) is 1.95. The van der Waals surface area contributed by atoms with Crippen LogP contribution in [-0.2, 0) is 12.2 Å². The minimum atomic E-state index is -0.247. The van der Waals surface area contributed by atoms with Crippen molar-refractivity contribution in [3.63, 3.8) is 0 Å². The number of aromatic nitrogens is 2. The predicted molar refractivity (Wildman–Crippen MR) is 70.2 cm³/mol. The van der Waals surface area contributed by atoms with Gasteiger partial charge in [0, 0.05) is 17.5 Å². The van der Waals surface area contributed by atoms with Gasteiger partial charge in [-0.1, -0.05) is 30.8 Å². The average molecular weight is 264 g/mol. The van der Waals surface area contributed by atoms with Crippen molar-refractivity contribution in [3.8, 4) is 0 Å². The summed E-state index contributed by atoms with van der Waals surface area (Å²) in [4.78, 5) is 18.4. The quantitative estimate of drug-likeness (QED) is 0.682. The lowest BCUT2D eigenvalue weighted by Gasteiger charge is -2.03. The number of benzene rings is 1. The Bertz CT molecular complexity index is 580. The van der Waals surface area contributed by atoms with Gasteiger partial charge in [0.25, 0.3) is 5.56 Å². The van der Waals surface area contributed by atoms with E-state index in [0.717, 1.165) is 17.7 Å². The Balaban J connectivity index is 2.08. The molecule has 18 heavy (non-hydrogen) atoms. The molecule has 2 aromatic rings. The number of H-pyrrole nitrogens is 1. The number of thioether (sulfide) groups is 1. The predicted octanol–water partition coefficient (Wildman–Crippen LogP) is 2.76. The second kappa shape index (κ2) is 5.82. The number of halogens is 1. The number of nitrogens with zero attached hydrogens (tertiary/aromatic N) is 1. The zero-order valence-electron chi connectivity index (χ0n) is 9.94. The molecule has 1 aromatic heterocycles. The SMILES string of the molecule is CCc1cc(=O)[nH]c(SCc2ccc(F)cc2)n1. The molecule has 1 N–H and O–H groups in total. The lowest BCUT2D eigenvalue weighted by atomic mass is 10.2. The van der Waals surface area contributed by atoms with E-state index in [4.69, 9.17) is 0 Å². The van der Waals surface area contributed by atoms with Crippen molar-refractivity contribution in [1.29, 1.82) is 0 Å². The van der Waals surface area contributed by atoms with Crippen LogP contribution in [0, 0.1) is 5.82 Å². The van der Waals surface area contributed by atoms with Crippen molar-refractivity contribution >= 4 is 11.8 Å². The Morgan fingerprint density at radius 1 is 1.33 bits per heavy atom. The van der Waals surface area contributed by atoms with Crippen molar-refractivity contribution in [2.45, 2.75) is 24.3 Å². The molecule has 2 rings (SSSR count). The number of hydrogen-bond donors (Lipinski definition) is 1. The maximum Gasteiger partial charge on any atom is 0.251 e. The highest BCUT2D eigenvalue weighted by Gasteiger charge is 2.02. The normalized spacial score (nSPS) is 10.6. The molecule has 0 fully saturated rings. The van der Waals surface area contributed by atoms with Gasteiger partial charge in [0.2, 0.25) is 0 Å². The summed E-state index contributed by atoms with van der Waals surface area (Å²) in [6.07, 6.45) is 0.730. The molecule has 5 heteroatoms. The van der Waals surface area contributed by atoms with Crippen LogP contribution in [0.3, 0.4) is 0 Å². The van der Waals surface area contributed by atoms with E-state index in [1.807, 2.05) is 6.92 Å². The van der Waals surface area contributed by atoms with Gasteiger partial charge in [-0.3, -0.25) is 4.79 Å². The molecule has 0 unspecified atom stereocenters. The van der Waals surface area contributed by atoms with Crippen LogP contribution in [-0.4, -0.2) is 9.97 Å². The number of aryl methyl sites for hydroxylation is 1. The summed E-state index contributed by atoms with van der Waals surface area (Å²) in [5, 5.41) is 0.601. The summed E-state index contributed by atoms with van der Waals surface area (Å²) in [5.74, 6) is 0.402. The van der Waals surface area contributed by atoms with Crippen molar-refractivity contribution < 1.29 is 4.39 Å². The largest absolute Gasteiger partial charge is 0.301 e. The summed E-state index contributed by atoms with van der Waals surface area (Å²) < 4.78 is 12.7. The molecule has 0 atom stereocenters. The lowest BCUT2D eigenvalue weighted by molar-refractivity contribution is 0.627. The summed E-state index contributed by atoms with van der Waals surface area (Å²) in [7, 11) is 0. The average Bonchev–Trinajstić information content (AvgIpc) is 2.37. The molecule has 0 bridgehead atoms. The first-order chi connectivity index (χ1) is 8.67. The van der Waals surface area contributed by atoms with Gasteiger partial charge < -0.3 is 4.98 Å². The van der Waals surface area contributed by atoms with Crippen LogP contribution in [0.5, 0.6) is 0 Å². The third-order valence-corrected chi connectivity index (χ3v) is 3.37. The van der Waals surface area contributed by atoms with E-state index >= 15 is 0 Å². The van der Waals surface area contributed by atoms with Crippen LogP contribution < -0.4 is 5.56 Å². The first-order valence-electron chi connectivity index (χ1n) is 5.65. The van der Waals surface area contributed by atoms with Gasteiger partial charge in [0.1, 0.15) is 5.82 Å². The van der Waals surface area contributed by atoms with Crippen LogP contribution in [0.4, 0.5) is 4.39 Å². The van der Waals surface area contributed by atoms with Crippen molar-refractivity contribution in [3.05, 3.63) is 57.8 Å². The summed E-state index contributed by atoms with van der Waals surface area (Å²) >= 11 is 1.43. The molecule has 3 nitrogen and oxygen atoms in total. The molecule has 0 aliphatic carbocycles. The van der Waals surface area contributed by atoms with Crippen LogP contribution in [0.25, 0.3) is 0 Å². The highest BCUT2D eigenvalue weighted by Crippen LogP contribution is 2.18. The molecule has 1 heterocycles. The zero-order valence-corrected chi connectivity index (χ0v) is 10.8. The Morgan fingerprint density at radius 3 is 2.72 bits per heavy atom. The number of rotatable bonds is 4. The van der Waals surface area contributed by atoms with E-state index < -0.39 is 0 Å². The first-order valence-corrected chi connectivity index (χ1v) is 6.63. The van der Waals surface area contributed by atoms with Crippen LogP contribution in [0.15, 0.2) is 40.3 Å². The Hall–Kier alpha value is -1.62. The van der Waals surface area contributed by atoms with Gasteiger partial charge in [-0.2, -0.15) is 0 Å². The number of hydrogen-bond acceptors (Lipinski definition) is 3. The van der Waals surface area contributed by atoms with E-state index in [2.05, 4.69) is 9.97 Å². The molecular weight excluding hydrogens is 251 g/mol. The van der Waals surface area contributed by atoms with Gasteiger partial charge in [0.05, 0.1) is 0 Å². The maximum atomic E-state index is 12.7. The van der Waals surface area contributed by atoms with E-state index in [9.17, 15) is 9.18 Å². The second-order valence-corrected chi connectivity index (χ2v) is 4.77. The van der Waals surface area contributed by atoms with Gasteiger partial charge in [-0.15, -0.1) is 0 Å². The fourth-order valence-electron chi connectivity index (χ4n) is 1.47. The molecule has 0 spiro atoms. The maximum absolute atomic E-state index is 12.7. The van der Waals surface area contributed by atoms with Gasteiger partial charge in [0.15, 0.2) is 5.16 Å². The van der Waals surface area contributed by atoms with Crippen molar-refractivity contribution in [1.82, 2.24) is 9.97 Å². The van der Waals surface area contributed by atoms with Crippen LogP contribution in [0.2, 0.25) is 0 Å². The van der Waals surface area contributed by atoms with E-state index in [1.165, 1.54) is 30.0 Å². The van der Waals surface area contributed by atoms with Crippen LogP contribution >= 0.6 is 11.8 Å². The fourth-order valence-corrected chi connectivity index (χ4v) is 2.32. The van der Waals surface area contributed by atoms with Gasteiger partial charge in [-0.25, -0.2) is 9.37 Å². The molecule has 0 saturated carbocycles. The number of nitrogens with one attached hydrogen (secondary N) is 1. The van der Waals surface area contributed by atoms with Gasteiger partial charge >= 0.3 is 0 Å². The van der Waals surface area contributed by atoms with E-state index in [-0.39, 0.29) is 11.4 Å². The summed E-state index contributed by atoms with van der Waals surface area (Å²) in [6, 6.07) is 7.80. The minimum absolute atomic E-state index is 0.136. The molecular formula is C13H13FN2OS. The smallest absolute Gasteiger partial charge is 0.251 e. The topological polar surface area (TPSA) is 45.8 Å². The third kappa shape index (κ3) is 3.43. The molecule has 0 saturated heterocycles.